The smallest absolute Gasteiger partial charge is 0.309 e. The van der Waals surface area contributed by atoms with E-state index in [9.17, 15) is 13.2 Å². The van der Waals surface area contributed by atoms with Crippen molar-refractivity contribution in [3.05, 3.63) is 0 Å². The summed E-state index contributed by atoms with van der Waals surface area (Å²) in [5, 5.41) is 0. The van der Waals surface area contributed by atoms with E-state index in [4.69, 9.17) is 9.29 Å². The molecule has 5 nitrogen and oxygen atoms in total. The van der Waals surface area contributed by atoms with E-state index in [0.29, 0.717) is 18.8 Å². The summed E-state index contributed by atoms with van der Waals surface area (Å²) in [6.45, 7) is 0.266. The van der Waals surface area contributed by atoms with Crippen molar-refractivity contribution in [1.82, 2.24) is 0 Å². The minimum Gasteiger partial charge on any atom is -0.465 e. The van der Waals surface area contributed by atoms with E-state index in [1.54, 1.807) is 0 Å². The molecule has 1 N–H and O–H groups in total. The molecule has 0 amide bonds. The molecular formula is C17H26O5S. The molecule has 4 fully saturated rings. The molecule has 4 bridgehead atoms. The molecule has 4 saturated carbocycles. The van der Waals surface area contributed by atoms with Gasteiger partial charge < -0.3 is 4.74 Å². The summed E-state index contributed by atoms with van der Waals surface area (Å²) in [7, 11) is -3.90. The van der Waals surface area contributed by atoms with Crippen molar-refractivity contribution >= 4 is 16.1 Å². The predicted molar refractivity (Wildman–Crippen MR) is 84.1 cm³/mol. The minimum absolute atomic E-state index is 0.0643. The second kappa shape index (κ2) is 5.73. The zero-order valence-electron chi connectivity index (χ0n) is 13.4. The summed E-state index contributed by atoms with van der Waals surface area (Å²) >= 11 is 0. The molecular weight excluding hydrogens is 316 g/mol. The zero-order chi connectivity index (χ0) is 16.2. The fraction of sp³-hybridized carbons (Fsp3) is 0.941. The van der Waals surface area contributed by atoms with Crippen LogP contribution in [-0.2, 0) is 19.6 Å². The van der Waals surface area contributed by atoms with Gasteiger partial charge in [0.05, 0.1) is 18.3 Å². The predicted octanol–water partition coefficient (Wildman–Crippen LogP) is 2.52. The maximum Gasteiger partial charge on any atom is 0.309 e. The van der Waals surface area contributed by atoms with Gasteiger partial charge >= 0.3 is 5.97 Å². The van der Waals surface area contributed by atoms with Crippen molar-refractivity contribution in [3.8, 4) is 0 Å². The van der Waals surface area contributed by atoms with Crippen molar-refractivity contribution in [2.75, 3.05) is 12.4 Å². The molecule has 7 atom stereocenters. The van der Waals surface area contributed by atoms with E-state index in [1.807, 2.05) is 0 Å². The Hall–Kier alpha value is -0.620. The van der Waals surface area contributed by atoms with Gasteiger partial charge in [0.15, 0.2) is 0 Å². The molecule has 23 heavy (non-hydrogen) atoms. The molecule has 0 aromatic rings. The molecule has 7 unspecified atom stereocenters. The first-order valence-corrected chi connectivity index (χ1v) is 10.7. The highest BCUT2D eigenvalue weighted by molar-refractivity contribution is 7.85. The highest BCUT2D eigenvalue weighted by Gasteiger charge is 2.63. The molecule has 0 aliphatic heterocycles. The van der Waals surface area contributed by atoms with Gasteiger partial charge in [0.25, 0.3) is 10.1 Å². The van der Waals surface area contributed by atoms with Crippen LogP contribution in [0.25, 0.3) is 0 Å². The van der Waals surface area contributed by atoms with Gasteiger partial charge in [0.2, 0.25) is 0 Å². The lowest BCUT2D eigenvalue weighted by molar-refractivity contribution is -0.152. The molecule has 0 saturated heterocycles. The Morgan fingerprint density at radius 2 is 1.74 bits per heavy atom. The molecule has 130 valence electrons. The normalized spacial score (nSPS) is 43.8. The number of ether oxygens (including phenoxy) is 1. The molecule has 0 aromatic carbocycles. The standard InChI is InChI=1S/C17H26O5S/c18-17(22-5-1-2-6-23(19,20)21)14-9-12-8-13(14)16-11-4-3-10(7-11)15(12)16/h10-16H,1-9H2,(H,19,20,21). The molecule has 0 heterocycles. The number of esters is 1. The lowest BCUT2D eigenvalue weighted by atomic mass is 9.67. The Morgan fingerprint density at radius 3 is 2.48 bits per heavy atom. The molecule has 0 radical (unpaired) electrons. The first kappa shape index (κ1) is 15.9. The van der Waals surface area contributed by atoms with E-state index in [2.05, 4.69) is 0 Å². The summed E-state index contributed by atoms with van der Waals surface area (Å²) in [4.78, 5) is 12.4. The molecule has 0 aromatic heterocycles. The average Bonchev–Trinajstić information content (AvgIpc) is 3.23. The monoisotopic (exact) mass is 342 g/mol. The number of carbonyl (C=O) groups is 1. The van der Waals surface area contributed by atoms with Gasteiger partial charge in [0, 0.05) is 0 Å². The third-order valence-electron chi connectivity index (χ3n) is 7.08. The number of unbranched alkanes of at least 4 members (excludes halogenated alkanes) is 1. The van der Waals surface area contributed by atoms with Crippen molar-refractivity contribution in [1.29, 1.82) is 0 Å². The van der Waals surface area contributed by atoms with Gasteiger partial charge in [-0.1, -0.05) is 0 Å². The molecule has 0 spiro atoms. The fourth-order valence-corrected chi connectivity index (χ4v) is 7.07. The largest absolute Gasteiger partial charge is 0.465 e. The highest BCUT2D eigenvalue weighted by Crippen LogP contribution is 2.68. The van der Waals surface area contributed by atoms with Gasteiger partial charge in [-0.05, 0) is 80.5 Å². The lowest BCUT2D eigenvalue weighted by Gasteiger charge is -2.37. The Bertz CT molecular complexity index is 586. The molecule has 4 aliphatic rings. The van der Waals surface area contributed by atoms with E-state index in [0.717, 1.165) is 36.0 Å². The first-order chi connectivity index (χ1) is 10.9. The third-order valence-corrected chi connectivity index (χ3v) is 7.88. The van der Waals surface area contributed by atoms with E-state index >= 15 is 0 Å². The van der Waals surface area contributed by atoms with Crippen LogP contribution in [0.2, 0.25) is 0 Å². The van der Waals surface area contributed by atoms with Gasteiger partial charge in [-0.25, -0.2) is 0 Å². The van der Waals surface area contributed by atoms with E-state index in [-0.39, 0.29) is 24.2 Å². The van der Waals surface area contributed by atoms with Gasteiger partial charge in [0.1, 0.15) is 0 Å². The van der Waals surface area contributed by atoms with Crippen LogP contribution in [0.5, 0.6) is 0 Å². The van der Waals surface area contributed by atoms with Crippen molar-refractivity contribution < 1.29 is 22.5 Å². The van der Waals surface area contributed by atoms with E-state index in [1.165, 1.54) is 25.7 Å². The van der Waals surface area contributed by atoms with Crippen molar-refractivity contribution in [2.24, 2.45) is 41.4 Å². The fourth-order valence-electron chi connectivity index (χ4n) is 6.50. The van der Waals surface area contributed by atoms with Gasteiger partial charge in [-0.3, -0.25) is 9.35 Å². The van der Waals surface area contributed by atoms with Crippen LogP contribution in [0.15, 0.2) is 0 Å². The molecule has 4 aliphatic carbocycles. The van der Waals surface area contributed by atoms with Crippen molar-refractivity contribution in [2.45, 2.75) is 44.9 Å². The highest BCUT2D eigenvalue weighted by atomic mass is 32.2. The minimum atomic E-state index is -3.90. The van der Waals surface area contributed by atoms with Crippen LogP contribution in [0.1, 0.15) is 44.9 Å². The topological polar surface area (TPSA) is 80.7 Å². The summed E-state index contributed by atoms with van der Waals surface area (Å²) in [5.41, 5.74) is 0. The quantitative estimate of drug-likeness (QED) is 0.347. The Kier molecular flexibility index (Phi) is 3.95. The lowest BCUT2D eigenvalue weighted by Crippen LogP contribution is -2.36. The Balaban J connectivity index is 1.26. The summed E-state index contributed by atoms with van der Waals surface area (Å²) < 4.78 is 35.4. The first-order valence-electron chi connectivity index (χ1n) is 9.06. The van der Waals surface area contributed by atoms with Crippen LogP contribution in [-0.4, -0.2) is 31.3 Å². The molecule has 4 rings (SSSR count). The zero-order valence-corrected chi connectivity index (χ0v) is 14.2. The Labute approximate surface area is 137 Å². The van der Waals surface area contributed by atoms with Gasteiger partial charge in [-0.2, -0.15) is 8.42 Å². The van der Waals surface area contributed by atoms with E-state index < -0.39 is 10.1 Å². The average molecular weight is 342 g/mol. The van der Waals surface area contributed by atoms with Crippen LogP contribution >= 0.6 is 0 Å². The maximum absolute atomic E-state index is 12.4. The maximum atomic E-state index is 12.4. The number of hydrogen-bond acceptors (Lipinski definition) is 4. The van der Waals surface area contributed by atoms with Crippen LogP contribution in [0, 0.1) is 41.4 Å². The van der Waals surface area contributed by atoms with Gasteiger partial charge in [-0.15, -0.1) is 0 Å². The second-order valence-electron chi connectivity index (χ2n) is 8.15. The second-order valence-corrected chi connectivity index (χ2v) is 9.72. The third kappa shape index (κ3) is 2.82. The summed E-state index contributed by atoms with van der Waals surface area (Å²) in [6, 6.07) is 0. The van der Waals surface area contributed by atoms with Crippen molar-refractivity contribution in [3.63, 3.8) is 0 Å². The van der Waals surface area contributed by atoms with Crippen LogP contribution < -0.4 is 0 Å². The van der Waals surface area contributed by atoms with Crippen LogP contribution in [0.3, 0.4) is 0 Å². The SMILES string of the molecule is O=C(OCCCCS(=O)(=O)O)C1CC2CC1C1C3CCC(C3)C21. The summed E-state index contributed by atoms with van der Waals surface area (Å²) in [6.07, 6.45) is 7.24. The number of rotatable bonds is 6. The number of hydrogen-bond donors (Lipinski definition) is 1. The number of fused-ring (bicyclic) bond motifs is 9. The van der Waals surface area contributed by atoms with Crippen LogP contribution in [0.4, 0.5) is 0 Å². The summed E-state index contributed by atoms with van der Waals surface area (Å²) in [5.74, 6) is 4.55. The Morgan fingerprint density at radius 1 is 1.00 bits per heavy atom. The molecule has 6 heteroatoms. The number of carbonyl (C=O) groups excluding carboxylic acids is 1.